The fourth-order valence-corrected chi connectivity index (χ4v) is 2.99. The highest BCUT2D eigenvalue weighted by Crippen LogP contribution is 2.30. The summed E-state index contributed by atoms with van der Waals surface area (Å²) < 4.78 is 5.02. The number of hydrogen-bond donors (Lipinski definition) is 3. The van der Waals surface area contributed by atoms with E-state index in [1.165, 1.54) is 12.5 Å². The number of rotatable bonds is 5. The minimum atomic E-state index is 0.134. The van der Waals surface area contributed by atoms with Crippen LogP contribution in [0.5, 0.6) is 5.75 Å². The first-order valence-corrected chi connectivity index (χ1v) is 10.1. The lowest BCUT2D eigenvalue weighted by Crippen LogP contribution is -2.12. The number of carbonyl (C=O) groups excluding carboxylic acids is 1. The number of halogens is 1. The zero-order valence-electron chi connectivity index (χ0n) is 16.8. The van der Waals surface area contributed by atoms with Gasteiger partial charge in [-0.2, -0.15) is 5.10 Å². The molecule has 1 fully saturated rings. The summed E-state index contributed by atoms with van der Waals surface area (Å²) in [6.45, 7) is 0. The second-order valence-corrected chi connectivity index (χ2v) is 7.36. The second-order valence-electron chi connectivity index (χ2n) is 6.95. The molecule has 8 nitrogen and oxygen atoms in total. The third kappa shape index (κ3) is 5.29. The Labute approximate surface area is 184 Å². The van der Waals surface area contributed by atoms with Gasteiger partial charge in [-0.1, -0.05) is 23.7 Å². The Balaban J connectivity index is 0.000000152. The summed E-state index contributed by atoms with van der Waals surface area (Å²) >= 11 is 5.97. The number of hydrogen-bond acceptors (Lipinski definition) is 6. The van der Waals surface area contributed by atoms with Gasteiger partial charge in [0, 0.05) is 17.0 Å². The number of para-hydroxylation sites is 1. The highest BCUT2D eigenvalue weighted by atomic mass is 35.5. The summed E-state index contributed by atoms with van der Waals surface area (Å²) in [4.78, 5) is 19.3. The summed E-state index contributed by atoms with van der Waals surface area (Å²) in [5, 5.41) is 14.5. The van der Waals surface area contributed by atoms with Gasteiger partial charge in [0.2, 0.25) is 5.91 Å². The van der Waals surface area contributed by atoms with Crippen LogP contribution in [0.1, 0.15) is 12.8 Å². The van der Waals surface area contributed by atoms with Crippen LogP contribution in [0.3, 0.4) is 0 Å². The van der Waals surface area contributed by atoms with E-state index in [-0.39, 0.29) is 11.8 Å². The summed E-state index contributed by atoms with van der Waals surface area (Å²) in [6.07, 6.45) is 5.03. The van der Waals surface area contributed by atoms with Crippen LogP contribution in [0.2, 0.25) is 5.02 Å². The van der Waals surface area contributed by atoms with Crippen molar-refractivity contribution < 1.29 is 9.53 Å². The van der Waals surface area contributed by atoms with Gasteiger partial charge in [-0.15, -0.1) is 0 Å². The van der Waals surface area contributed by atoms with Crippen LogP contribution < -0.4 is 15.4 Å². The molecule has 9 heteroatoms. The summed E-state index contributed by atoms with van der Waals surface area (Å²) in [5.74, 6) is 2.42. The smallest absolute Gasteiger partial charge is 0.227 e. The van der Waals surface area contributed by atoms with Crippen molar-refractivity contribution in [2.24, 2.45) is 5.92 Å². The fourth-order valence-electron chi connectivity index (χ4n) is 2.84. The van der Waals surface area contributed by atoms with Gasteiger partial charge >= 0.3 is 0 Å². The lowest BCUT2D eigenvalue weighted by molar-refractivity contribution is -0.117. The Bertz CT molecular complexity index is 1170. The van der Waals surface area contributed by atoms with E-state index in [1.807, 2.05) is 48.5 Å². The predicted molar refractivity (Wildman–Crippen MR) is 121 cm³/mol. The molecule has 0 radical (unpaired) electrons. The topological polar surface area (TPSA) is 105 Å². The Morgan fingerprint density at radius 1 is 1.13 bits per heavy atom. The molecular formula is C22H21ClN6O2. The first kappa shape index (κ1) is 20.6. The van der Waals surface area contributed by atoms with Gasteiger partial charge in [0.25, 0.3) is 0 Å². The van der Waals surface area contributed by atoms with E-state index in [2.05, 4.69) is 30.8 Å². The molecule has 0 spiro atoms. The number of ether oxygens (including phenoxy) is 1. The van der Waals surface area contributed by atoms with E-state index in [9.17, 15) is 4.79 Å². The number of H-pyrrole nitrogens is 1. The van der Waals surface area contributed by atoms with E-state index in [0.29, 0.717) is 16.7 Å². The second kappa shape index (κ2) is 9.44. The average molecular weight is 437 g/mol. The Kier molecular flexibility index (Phi) is 6.28. The van der Waals surface area contributed by atoms with Crippen molar-refractivity contribution >= 4 is 45.7 Å². The fraction of sp³-hybridized carbons (Fsp3) is 0.182. The van der Waals surface area contributed by atoms with Crippen molar-refractivity contribution in [1.82, 2.24) is 20.2 Å². The molecule has 3 N–H and O–H groups in total. The number of aromatic nitrogens is 4. The predicted octanol–water partition coefficient (Wildman–Crippen LogP) is 4.79. The van der Waals surface area contributed by atoms with Crippen molar-refractivity contribution in [2.45, 2.75) is 12.8 Å². The molecule has 31 heavy (non-hydrogen) atoms. The number of amides is 1. The average Bonchev–Trinajstić information content (AvgIpc) is 3.58. The van der Waals surface area contributed by atoms with E-state index in [4.69, 9.17) is 16.3 Å². The number of fused-ring (bicyclic) bond motifs is 1. The zero-order valence-corrected chi connectivity index (χ0v) is 17.6. The van der Waals surface area contributed by atoms with E-state index >= 15 is 0 Å². The van der Waals surface area contributed by atoms with Gasteiger partial charge in [0.1, 0.15) is 17.1 Å². The minimum Gasteiger partial charge on any atom is -0.497 e. The highest BCUT2D eigenvalue weighted by Gasteiger charge is 2.29. The molecular weight excluding hydrogens is 416 g/mol. The van der Waals surface area contributed by atoms with E-state index in [1.54, 1.807) is 7.11 Å². The Morgan fingerprint density at radius 3 is 2.61 bits per heavy atom. The van der Waals surface area contributed by atoms with Gasteiger partial charge in [-0.05, 0) is 49.2 Å². The molecule has 1 saturated carbocycles. The number of aromatic amines is 1. The molecule has 158 valence electrons. The molecule has 0 atom stereocenters. The van der Waals surface area contributed by atoms with Crippen molar-refractivity contribution in [1.29, 1.82) is 0 Å². The molecule has 4 aromatic rings. The van der Waals surface area contributed by atoms with Crippen LogP contribution in [0.25, 0.3) is 10.9 Å². The molecule has 0 unspecified atom stereocenters. The number of anilines is 3. The van der Waals surface area contributed by atoms with Crippen LogP contribution in [0.4, 0.5) is 17.3 Å². The molecule has 0 bridgehead atoms. The Morgan fingerprint density at radius 2 is 1.90 bits per heavy atom. The van der Waals surface area contributed by atoms with Crippen molar-refractivity contribution in [3.05, 3.63) is 66.1 Å². The normalized spacial score (nSPS) is 12.6. The number of nitrogens with one attached hydrogen (secondary N) is 3. The van der Waals surface area contributed by atoms with Crippen LogP contribution in [0.15, 0.2) is 61.1 Å². The largest absolute Gasteiger partial charge is 0.497 e. The molecule has 1 aliphatic rings. The monoisotopic (exact) mass is 436 g/mol. The van der Waals surface area contributed by atoms with Crippen LogP contribution in [0, 0.1) is 5.92 Å². The van der Waals surface area contributed by atoms with Gasteiger partial charge < -0.3 is 15.4 Å². The van der Waals surface area contributed by atoms with Crippen LogP contribution in [-0.2, 0) is 4.79 Å². The van der Waals surface area contributed by atoms with Crippen LogP contribution in [-0.4, -0.2) is 33.2 Å². The molecule has 1 aliphatic carbocycles. The van der Waals surface area contributed by atoms with Crippen molar-refractivity contribution in [3.8, 4) is 5.75 Å². The van der Waals surface area contributed by atoms with Crippen LogP contribution >= 0.6 is 11.6 Å². The number of benzene rings is 2. The molecule has 0 saturated heterocycles. The molecule has 5 rings (SSSR count). The zero-order chi connectivity index (χ0) is 21.6. The summed E-state index contributed by atoms with van der Waals surface area (Å²) in [5.41, 5.74) is 1.79. The molecule has 2 heterocycles. The maximum absolute atomic E-state index is 11.4. The maximum atomic E-state index is 11.4. The third-order valence-electron chi connectivity index (χ3n) is 4.68. The van der Waals surface area contributed by atoms with Crippen molar-refractivity contribution in [3.63, 3.8) is 0 Å². The number of methoxy groups -OCH3 is 1. The first-order valence-electron chi connectivity index (χ1n) is 9.74. The highest BCUT2D eigenvalue weighted by molar-refractivity contribution is 6.32. The Hall–Kier alpha value is -3.65. The van der Waals surface area contributed by atoms with E-state index in [0.717, 1.165) is 35.2 Å². The molecule has 2 aromatic carbocycles. The number of nitrogens with zero attached hydrogens (tertiary/aromatic N) is 3. The summed E-state index contributed by atoms with van der Waals surface area (Å²) in [6, 6.07) is 15.2. The standard InChI is InChI=1S/C11H8ClN5.C11H13NO2/c12-8-5-13-6-14-11(8)15-10-7-3-1-2-4-9(7)16-17-10;1-14-10-6-4-9(5-7-10)12-11(13)8-2-3-8/h1-6H,(H2,13,14,15,16,17);4-8H,2-3H2,1H3,(H,12,13). The molecule has 0 aliphatic heterocycles. The van der Waals surface area contributed by atoms with Gasteiger partial charge in [-0.25, -0.2) is 9.97 Å². The third-order valence-corrected chi connectivity index (χ3v) is 4.96. The lowest BCUT2D eigenvalue weighted by Gasteiger charge is -2.04. The van der Waals surface area contributed by atoms with Gasteiger partial charge in [0.15, 0.2) is 11.6 Å². The maximum Gasteiger partial charge on any atom is 0.227 e. The lowest BCUT2D eigenvalue weighted by atomic mass is 10.2. The number of carbonyl (C=O) groups is 1. The SMILES string of the molecule is COc1ccc(NC(=O)C2CC2)cc1.Clc1cncnc1Nc1n[nH]c2ccccc12. The molecule has 2 aromatic heterocycles. The van der Waals surface area contributed by atoms with Gasteiger partial charge in [0.05, 0.1) is 18.8 Å². The molecule has 1 amide bonds. The van der Waals surface area contributed by atoms with E-state index < -0.39 is 0 Å². The minimum absolute atomic E-state index is 0.134. The summed E-state index contributed by atoms with van der Waals surface area (Å²) in [7, 11) is 1.62. The van der Waals surface area contributed by atoms with Crippen molar-refractivity contribution in [2.75, 3.05) is 17.7 Å². The quantitative estimate of drug-likeness (QED) is 0.415. The van der Waals surface area contributed by atoms with Gasteiger partial charge in [-0.3, -0.25) is 9.89 Å². The first-order chi connectivity index (χ1) is 15.1.